The Balaban J connectivity index is 1.13. The van der Waals surface area contributed by atoms with Crippen molar-refractivity contribution in [1.29, 1.82) is 0 Å². The summed E-state index contributed by atoms with van der Waals surface area (Å²) in [6, 6.07) is 81.0. The molecular weight excluding hydrogens is 925 g/mol. The minimum atomic E-state index is 0.0850. The molecule has 0 atom stereocenters. The molecule has 0 aliphatic heterocycles. The third kappa shape index (κ3) is 7.82. The number of anilines is 6. The minimum absolute atomic E-state index is 0.0850. The summed E-state index contributed by atoms with van der Waals surface area (Å²) in [6.07, 6.45) is 2.13. The Labute approximate surface area is 445 Å². The molecule has 0 saturated heterocycles. The lowest BCUT2D eigenvalue weighted by Crippen LogP contribution is -2.11. The van der Waals surface area contributed by atoms with E-state index >= 15 is 0 Å². The quantitative estimate of drug-likeness (QED) is 0.108. The maximum Gasteiger partial charge on any atom is 0.119 e. The molecule has 0 fully saturated rings. The van der Waals surface area contributed by atoms with Gasteiger partial charge in [0.15, 0.2) is 0 Å². The molecule has 13 aromatic carbocycles. The van der Waals surface area contributed by atoms with Crippen molar-refractivity contribution in [3.63, 3.8) is 0 Å². The summed E-state index contributed by atoms with van der Waals surface area (Å²) in [5.41, 5.74) is 14.2. The van der Waals surface area contributed by atoms with Gasteiger partial charge in [-0.15, -0.1) is 0 Å². The summed E-state index contributed by atoms with van der Waals surface area (Å²) in [6.45, 7) is 12.7. The van der Waals surface area contributed by atoms with Crippen molar-refractivity contribution in [2.45, 2.75) is 66.6 Å². The molecule has 0 aromatic heterocycles. The molecule has 0 saturated carbocycles. The van der Waals surface area contributed by atoms with Crippen molar-refractivity contribution < 1.29 is 9.47 Å². The highest BCUT2D eigenvalue weighted by Crippen LogP contribution is 2.57. The van der Waals surface area contributed by atoms with Crippen molar-refractivity contribution in [2.75, 3.05) is 9.80 Å². The minimum Gasteiger partial charge on any atom is -0.491 e. The number of nitrogens with zero attached hydrogens (tertiary/aromatic N) is 2. The van der Waals surface area contributed by atoms with Crippen LogP contribution in [-0.4, -0.2) is 12.2 Å². The normalized spacial score (nSPS) is 11.9. The van der Waals surface area contributed by atoms with Gasteiger partial charge in [-0.1, -0.05) is 147 Å². The zero-order valence-electron chi connectivity index (χ0n) is 44.1. The van der Waals surface area contributed by atoms with Gasteiger partial charge in [0, 0.05) is 33.5 Å². The van der Waals surface area contributed by atoms with Crippen LogP contribution in [-0.2, 0) is 12.8 Å². The maximum atomic E-state index is 6.15. The molecule has 13 aromatic rings. The Kier molecular flexibility index (Phi) is 11.8. The fraction of sp³-hybridized carbons (Fsp3) is 0.139. The highest BCUT2D eigenvalue weighted by molar-refractivity contribution is 6.47. The van der Waals surface area contributed by atoms with Crippen LogP contribution in [0.4, 0.5) is 34.1 Å². The average molecular weight is 985 g/mol. The predicted molar refractivity (Wildman–Crippen MR) is 324 cm³/mol. The van der Waals surface area contributed by atoms with Crippen LogP contribution in [0.5, 0.6) is 11.5 Å². The van der Waals surface area contributed by atoms with Crippen molar-refractivity contribution in [3.8, 4) is 33.8 Å². The van der Waals surface area contributed by atoms with E-state index < -0.39 is 0 Å². The van der Waals surface area contributed by atoms with Crippen LogP contribution in [0.3, 0.4) is 0 Å². The molecule has 0 spiro atoms. The largest absolute Gasteiger partial charge is 0.491 e. The molecule has 0 heterocycles. The number of rotatable bonds is 14. The standard InChI is InChI=1S/C72H60N2O2/c1-7-47-25-29-51(30-26-47)73(53-33-37-55(38-34-53)75-45(3)4)63-43-41-61-67-57(63)21-15-23-59(67)69-65(49-17-11-9-12-18-49)72-62-42-44-64(58-22-16-24-60(68(58)62)70(72)66(71(61)69)50-19-13-10-14-20-50)74(52-31-27-48(8-2)28-32-52)54-35-39-56(40-36-54)76-46(5)6/h9-46H,7-8H2,1-6H3. The van der Waals surface area contributed by atoms with E-state index in [4.69, 9.17) is 9.47 Å². The van der Waals surface area contributed by atoms with Gasteiger partial charge in [-0.2, -0.15) is 0 Å². The smallest absolute Gasteiger partial charge is 0.119 e. The third-order valence-corrected chi connectivity index (χ3v) is 15.4. The average Bonchev–Trinajstić information content (AvgIpc) is 4.19. The molecular formula is C72H60N2O2. The van der Waals surface area contributed by atoms with E-state index in [1.165, 1.54) is 98.0 Å². The lowest BCUT2D eigenvalue weighted by molar-refractivity contribution is 0.242. The molecule has 0 N–H and O–H groups in total. The van der Waals surface area contributed by atoms with Gasteiger partial charge in [-0.25, -0.2) is 0 Å². The van der Waals surface area contributed by atoms with Crippen molar-refractivity contribution in [2.24, 2.45) is 0 Å². The molecule has 76 heavy (non-hydrogen) atoms. The van der Waals surface area contributed by atoms with E-state index in [1.54, 1.807) is 0 Å². The SMILES string of the molecule is CCc1ccc(N(c2ccc(OC(C)C)cc2)c2ccc3c4c(-c5ccccc5)c5c6cccc7c(N(c8ccc(CC)cc8)c8ccc(OC(C)C)cc8)ccc(c5c(-c5ccccc5)c4c4cccc2c43)c76)cc1. The molecule has 4 heteroatoms. The Morgan fingerprint density at radius 3 is 0.947 bits per heavy atom. The molecule has 0 bridgehead atoms. The van der Waals surface area contributed by atoms with Crippen LogP contribution in [0.25, 0.3) is 86.9 Å². The first kappa shape index (κ1) is 46.9. The van der Waals surface area contributed by atoms with Gasteiger partial charge < -0.3 is 19.3 Å². The lowest BCUT2D eigenvalue weighted by atomic mass is 9.87. The fourth-order valence-electron chi connectivity index (χ4n) is 12.1. The predicted octanol–water partition coefficient (Wildman–Crippen LogP) is 20.5. The zero-order valence-corrected chi connectivity index (χ0v) is 44.1. The van der Waals surface area contributed by atoms with Crippen molar-refractivity contribution in [3.05, 3.63) is 230 Å². The van der Waals surface area contributed by atoms with Gasteiger partial charge in [0.05, 0.1) is 23.6 Å². The summed E-state index contributed by atoms with van der Waals surface area (Å²) < 4.78 is 12.3. The van der Waals surface area contributed by atoms with Crippen LogP contribution in [0.15, 0.2) is 218 Å². The number of fused-ring (bicyclic) bond motifs is 6. The summed E-state index contributed by atoms with van der Waals surface area (Å²) in [7, 11) is 0. The van der Waals surface area contributed by atoms with Gasteiger partial charge in [-0.3, -0.25) is 0 Å². The van der Waals surface area contributed by atoms with Crippen LogP contribution in [0, 0.1) is 0 Å². The van der Waals surface area contributed by atoms with Crippen LogP contribution >= 0.6 is 0 Å². The van der Waals surface area contributed by atoms with Crippen LogP contribution < -0.4 is 19.3 Å². The van der Waals surface area contributed by atoms with Crippen LogP contribution in [0.2, 0.25) is 0 Å². The van der Waals surface area contributed by atoms with E-state index in [9.17, 15) is 0 Å². The number of aryl methyl sites for hydroxylation is 2. The highest BCUT2D eigenvalue weighted by atomic mass is 16.5. The fourth-order valence-corrected chi connectivity index (χ4v) is 12.1. The van der Waals surface area contributed by atoms with E-state index in [0.29, 0.717) is 0 Å². The molecule has 0 unspecified atom stereocenters. The first-order chi connectivity index (χ1) is 37.3. The number of ether oxygens (including phenoxy) is 2. The van der Waals surface area contributed by atoms with Gasteiger partial charge in [0.2, 0.25) is 0 Å². The van der Waals surface area contributed by atoms with Gasteiger partial charge >= 0.3 is 0 Å². The molecule has 0 amide bonds. The molecule has 4 nitrogen and oxygen atoms in total. The first-order valence-corrected chi connectivity index (χ1v) is 27.1. The zero-order chi connectivity index (χ0) is 51.6. The summed E-state index contributed by atoms with van der Waals surface area (Å²) in [5.74, 6) is 1.72. The van der Waals surface area contributed by atoms with Gasteiger partial charge in [0.25, 0.3) is 0 Å². The first-order valence-electron chi connectivity index (χ1n) is 27.1. The lowest BCUT2D eigenvalue weighted by Gasteiger charge is -2.27. The van der Waals surface area contributed by atoms with Crippen molar-refractivity contribution >= 4 is 98.8 Å². The maximum absolute atomic E-state index is 6.15. The Morgan fingerprint density at radius 1 is 0.303 bits per heavy atom. The number of hydrogen-bond acceptors (Lipinski definition) is 4. The number of hydrogen-bond donors (Lipinski definition) is 0. The monoisotopic (exact) mass is 984 g/mol. The summed E-state index contributed by atoms with van der Waals surface area (Å²) in [4.78, 5) is 4.84. The summed E-state index contributed by atoms with van der Waals surface area (Å²) in [5, 5.41) is 15.1. The third-order valence-electron chi connectivity index (χ3n) is 15.4. The van der Waals surface area contributed by atoms with E-state index in [2.05, 4.69) is 270 Å². The van der Waals surface area contributed by atoms with Crippen molar-refractivity contribution in [1.82, 2.24) is 0 Å². The van der Waals surface area contributed by atoms with Crippen LogP contribution in [0.1, 0.15) is 52.7 Å². The Morgan fingerprint density at radius 2 is 0.618 bits per heavy atom. The van der Waals surface area contributed by atoms with E-state index in [-0.39, 0.29) is 12.2 Å². The van der Waals surface area contributed by atoms with E-state index in [1.807, 2.05) is 0 Å². The van der Waals surface area contributed by atoms with Gasteiger partial charge in [-0.05, 0) is 213 Å². The number of benzene rings is 11. The second kappa shape index (κ2) is 19.1. The molecule has 370 valence electrons. The Hall–Kier alpha value is -8.86. The summed E-state index contributed by atoms with van der Waals surface area (Å²) >= 11 is 0. The highest BCUT2D eigenvalue weighted by Gasteiger charge is 2.30. The molecule has 13 rings (SSSR count). The molecule has 0 radical (unpaired) electrons. The topological polar surface area (TPSA) is 24.9 Å². The van der Waals surface area contributed by atoms with E-state index in [0.717, 1.165) is 58.5 Å². The Bertz CT molecular complexity index is 3870. The van der Waals surface area contributed by atoms with Gasteiger partial charge in [0.1, 0.15) is 11.5 Å². The molecule has 0 aliphatic rings. The molecule has 0 aliphatic carbocycles. The second-order valence-electron chi connectivity index (χ2n) is 20.7. The second-order valence-corrected chi connectivity index (χ2v) is 20.7.